The lowest BCUT2D eigenvalue weighted by Gasteiger charge is -2.37. The van der Waals surface area contributed by atoms with Crippen LogP contribution in [-0.4, -0.2) is 63.4 Å². The molecule has 0 radical (unpaired) electrons. The lowest BCUT2D eigenvalue weighted by atomic mass is 10.2. The zero-order chi connectivity index (χ0) is 25.7. The zero-order valence-corrected chi connectivity index (χ0v) is 22.1. The lowest BCUT2D eigenvalue weighted by molar-refractivity contribution is -0.131. The van der Waals surface area contributed by atoms with Gasteiger partial charge in [0.25, 0.3) is 0 Å². The maximum absolute atomic E-state index is 13.6. The van der Waals surface area contributed by atoms with Crippen molar-refractivity contribution in [1.82, 2.24) is 9.21 Å². The number of amides is 1. The molecule has 0 spiro atoms. The van der Waals surface area contributed by atoms with Gasteiger partial charge in [0.05, 0.1) is 23.6 Å². The summed E-state index contributed by atoms with van der Waals surface area (Å²) >= 11 is 12.3. The van der Waals surface area contributed by atoms with Crippen molar-refractivity contribution >= 4 is 44.8 Å². The van der Waals surface area contributed by atoms with E-state index in [1.807, 2.05) is 54.6 Å². The SMILES string of the molecule is COc1ccc(S(=O)(=O)N(CC(=O)N2CCN(c3cccc(Cl)c3)CC2)Cc2ccccc2)cc1Cl. The highest BCUT2D eigenvalue weighted by Crippen LogP contribution is 2.29. The molecular formula is C26H27Cl2N3O4S. The molecule has 3 aromatic carbocycles. The Morgan fingerprint density at radius 1 is 0.944 bits per heavy atom. The summed E-state index contributed by atoms with van der Waals surface area (Å²) in [6.07, 6.45) is 0. The van der Waals surface area contributed by atoms with E-state index in [0.717, 1.165) is 11.3 Å². The largest absolute Gasteiger partial charge is 0.495 e. The minimum atomic E-state index is -4.02. The van der Waals surface area contributed by atoms with Crippen LogP contribution in [-0.2, 0) is 21.4 Å². The number of carbonyl (C=O) groups excluding carboxylic acids is 1. The van der Waals surface area contributed by atoms with E-state index in [2.05, 4.69) is 4.90 Å². The fourth-order valence-electron chi connectivity index (χ4n) is 4.11. The third-order valence-electron chi connectivity index (χ3n) is 6.08. The number of hydrogen-bond donors (Lipinski definition) is 0. The summed E-state index contributed by atoms with van der Waals surface area (Å²) in [7, 11) is -2.56. The van der Waals surface area contributed by atoms with Crippen LogP contribution in [0.5, 0.6) is 5.75 Å². The van der Waals surface area contributed by atoms with Crippen LogP contribution in [0, 0.1) is 0 Å². The molecule has 36 heavy (non-hydrogen) atoms. The molecule has 1 aliphatic rings. The summed E-state index contributed by atoms with van der Waals surface area (Å²) < 4.78 is 33.6. The maximum atomic E-state index is 13.6. The highest BCUT2D eigenvalue weighted by molar-refractivity contribution is 7.89. The van der Waals surface area contributed by atoms with E-state index in [4.69, 9.17) is 27.9 Å². The Morgan fingerprint density at radius 3 is 2.31 bits per heavy atom. The zero-order valence-electron chi connectivity index (χ0n) is 19.8. The average Bonchev–Trinajstić information content (AvgIpc) is 2.89. The fraction of sp³-hybridized carbons (Fsp3) is 0.269. The number of sulfonamides is 1. The molecule has 190 valence electrons. The van der Waals surface area contributed by atoms with E-state index < -0.39 is 10.0 Å². The van der Waals surface area contributed by atoms with Crippen molar-refractivity contribution < 1.29 is 17.9 Å². The number of halogens is 2. The molecule has 0 N–H and O–H groups in total. The van der Waals surface area contributed by atoms with Crippen LogP contribution in [0.1, 0.15) is 5.56 Å². The van der Waals surface area contributed by atoms with Crippen LogP contribution in [0.4, 0.5) is 5.69 Å². The standard InChI is InChI=1S/C26H27Cl2N3O4S/c1-35-25-11-10-23(17-24(25)28)36(33,34)31(18-20-6-3-2-4-7-20)19-26(32)30-14-12-29(13-15-30)22-9-5-8-21(27)16-22/h2-11,16-17H,12-15,18-19H2,1H3. The van der Waals surface area contributed by atoms with Crippen LogP contribution in [0.15, 0.2) is 77.7 Å². The van der Waals surface area contributed by atoms with Crippen molar-refractivity contribution in [1.29, 1.82) is 0 Å². The molecule has 0 aliphatic carbocycles. The predicted octanol–water partition coefficient (Wildman–Crippen LogP) is 4.54. The molecule has 0 atom stereocenters. The third-order valence-corrected chi connectivity index (χ3v) is 8.40. The van der Waals surface area contributed by atoms with Crippen molar-refractivity contribution in [3.05, 3.63) is 88.4 Å². The van der Waals surface area contributed by atoms with E-state index >= 15 is 0 Å². The molecule has 7 nitrogen and oxygen atoms in total. The first-order valence-corrected chi connectivity index (χ1v) is 13.6. The molecule has 1 fully saturated rings. The van der Waals surface area contributed by atoms with Gasteiger partial charge in [-0.15, -0.1) is 0 Å². The van der Waals surface area contributed by atoms with Gasteiger partial charge in [0, 0.05) is 43.4 Å². The second-order valence-corrected chi connectivity index (χ2v) is 11.2. The van der Waals surface area contributed by atoms with Crippen molar-refractivity contribution in [2.24, 2.45) is 0 Å². The minimum Gasteiger partial charge on any atom is -0.495 e. The van der Waals surface area contributed by atoms with Gasteiger partial charge in [-0.3, -0.25) is 4.79 Å². The van der Waals surface area contributed by atoms with Crippen molar-refractivity contribution in [3.63, 3.8) is 0 Å². The Hall–Kier alpha value is -2.78. The number of hydrogen-bond acceptors (Lipinski definition) is 5. The second-order valence-electron chi connectivity index (χ2n) is 8.40. The number of rotatable bonds is 8. The molecule has 10 heteroatoms. The molecule has 1 heterocycles. The van der Waals surface area contributed by atoms with E-state index in [1.165, 1.54) is 29.6 Å². The Balaban J connectivity index is 1.51. The first-order valence-electron chi connectivity index (χ1n) is 11.4. The van der Waals surface area contributed by atoms with Crippen LogP contribution < -0.4 is 9.64 Å². The van der Waals surface area contributed by atoms with Gasteiger partial charge in [0.2, 0.25) is 15.9 Å². The Bertz CT molecular complexity index is 1310. The first-order chi connectivity index (χ1) is 17.3. The van der Waals surface area contributed by atoms with Gasteiger partial charge in [-0.25, -0.2) is 8.42 Å². The minimum absolute atomic E-state index is 0.00260. The van der Waals surface area contributed by atoms with E-state index in [1.54, 1.807) is 4.90 Å². The Kier molecular flexibility index (Phi) is 8.41. The molecule has 0 unspecified atom stereocenters. The van der Waals surface area contributed by atoms with Gasteiger partial charge in [0.1, 0.15) is 5.75 Å². The number of piperazine rings is 1. The summed E-state index contributed by atoms with van der Waals surface area (Å²) in [5, 5.41) is 0.841. The molecule has 0 bridgehead atoms. The number of carbonyl (C=O) groups is 1. The van der Waals surface area contributed by atoms with Crippen LogP contribution in [0.3, 0.4) is 0 Å². The van der Waals surface area contributed by atoms with Crippen molar-refractivity contribution in [2.75, 3.05) is 44.7 Å². The van der Waals surface area contributed by atoms with Gasteiger partial charge in [-0.1, -0.05) is 59.6 Å². The van der Waals surface area contributed by atoms with Crippen molar-refractivity contribution in [3.8, 4) is 5.75 Å². The second kappa shape index (κ2) is 11.5. The molecular weight excluding hydrogens is 521 g/mol. The lowest BCUT2D eigenvalue weighted by Crippen LogP contribution is -2.51. The van der Waals surface area contributed by atoms with E-state index in [9.17, 15) is 13.2 Å². The predicted molar refractivity (Wildman–Crippen MR) is 142 cm³/mol. The third kappa shape index (κ3) is 6.13. The fourth-order valence-corrected chi connectivity index (χ4v) is 6.02. The molecule has 0 aromatic heterocycles. The number of nitrogens with zero attached hydrogens (tertiary/aromatic N) is 3. The summed E-state index contributed by atoms with van der Waals surface area (Å²) in [5.74, 6) is 0.124. The summed E-state index contributed by atoms with van der Waals surface area (Å²) in [6.45, 7) is 2.01. The number of ether oxygens (including phenoxy) is 1. The highest BCUT2D eigenvalue weighted by Gasteiger charge is 2.30. The smallest absolute Gasteiger partial charge is 0.243 e. The molecule has 4 rings (SSSR count). The van der Waals surface area contributed by atoms with Gasteiger partial charge in [-0.05, 0) is 42.0 Å². The van der Waals surface area contributed by atoms with Gasteiger partial charge in [0.15, 0.2) is 0 Å². The highest BCUT2D eigenvalue weighted by atomic mass is 35.5. The van der Waals surface area contributed by atoms with E-state index in [-0.39, 0.29) is 28.9 Å². The molecule has 1 aliphatic heterocycles. The quantitative estimate of drug-likeness (QED) is 0.414. The van der Waals surface area contributed by atoms with Crippen LogP contribution >= 0.6 is 23.2 Å². The van der Waals surface area contributed by atoms with Crippen molar-refractivity contribution in [2.45, 2.75) is 11.4 Å². The van der Waals surface area contributed by atoms with Crippen LogP contribution in [0.2, 0.25) is 10.0 Å². The Labute approximate surface area is 221 Å². The maximum Gasteiger partial charge on any atom is 0.243 e. The summed E-state index contributed by atoms with van der Waals surface area (Å²) in [6, 6.07) is 21.1. The molecule has 0 saturated carbocycles. The van der Waals surface area contributed by atoms with Crippen LogP contribution in [0.25, 0.3) is 0 Å². The van der Waals surface area contributed by atoms with Gasteiger partial charge < -0.3 is 14.5 Å². The molecule has 1 amide bonds. The summed E-state index contributed by atoms with van der Waals surface area (Å²) in [5.41, 5.74) is 1.78. The normalized spacial score (nSPS) is 14.2. The van der Waals surface area contributed by atoms with E-state index in [0.29, 0.717) is 37.0 Å². The molecule has 3 aromatic rings. The molecule has 1 saturated heterocycles. The summed E-state index contributed by atoms with van der Waals surface area (Å²) in [4.78, 5) is 17.1. The Morgan fingerprint density at radius 2 is 1.67 bits per heavy atom. The number of methoxy groups -OCH3 is 1. The topological polar surface area (TPSA) is 70.2 Å². The van der Waals surface area contributed by atoms with Gasteiger partial charge >= 0.3 is 0 Å². The first kappa shape index (κ1) is 26.3. The van der Waals surface area contributed by atoms with Gasteiger partial charge in [-0.2, -0.15) is 4.31 Å². The average molecular weight is 548 g/mol. The number of anilines is 1. The number of benzene rings is 3. The monoisotopic (exact) mass is 547 g/mol.